The van der Waals surface area contributed by atoms with E-state index in [1.807, 2.05) is 30.5 Å². The Labute approximate surface area is 116 Å². The molecule has 7 heteroatoms. The molecule has 0 aliphatic heterocycles. The van der Waals surface area contributed by atoms with E-state index in [0.29, 0.717) is 6.54 Å². The highest BCUT2D eigenvalue weighted by Gasteiger charge is 2.05. The molecule has 0 bridgehead atoms. The van der Waals surface area contributed by atoms with Crippen LogP contribution in [0, 0.1) is 0 Å². The number of aromatic nitrogens is 2. The van der Waals surface area contributed by atoms with Gasteiger partial charge < -0.3 is 10.5 Å². The first kappa shape index (κ1) is 13.6. The predicted molar refractivity (Wildman–Crippen MR) is 74.6 cm³/mol. The third kappa shape index (κ3) is 3.58. The van der Waals surface area contributed by atoms with Crippen LogP contribution >= 0.6 is 0 Å². The summed E-state index contributed by atoms with van der Waals surface area (Å²) in [5.41, 5.74) is 8.85. The SMILES string of the molecule is COc1ccc(C=NNC(N)=O)cc1Cn1cccn1. The lowest BCUT2D eigenvalue weighted by Gasteiger charge is -2.09. The molecule has 0 atom stereocenters. The van der Waals surface area contributed by atoms with Crippen molar-refractivity contribution in [1.82, 2.24) is 15.2 Å². The van der Waals surface area contributed by atoms with Crippen LogP contribution in [0.5, 0.6) is 5.75 Å². The summed E-state index contributed by atoms with van der Waals surface area (Å²) in [7, 11) is 1.62. The number of primary amides is 1. The highest BCUT2D eigenvalue weighted by Crippen LogP contribution is 2.20. The molecule has 104 valence electrons. The molecule has 7 nitrogen and oxygen atoms in total. The second kappa shape index (κ2) is 6.37. The molecule has 2 rings (SSSR count). The molecule has 1 aromatic heterocycles. The van der Waals surface area contributed by atoms with Crippen molar-refractivity contribution in [3.63, 3.8) is 0 Å². The molecule has 2 aromatic rings. The number of methoxy groups -OCH3 is 1. The monoisotopic (exact) mass is 273 g/mol. The number of nitrogens with zero attached hydrogens (tertiary/aromatic N) is 3. The van der Waals surface area contributed by atoms with Crippen LogP contribution in [0.25, 0.3) is 0 Å². The Morgan fingerprint density at radius 2 is 2.45 bits per heavy atom. The fraction of sp³-hybridized carbons (Fsp3) is 0.154. The van der Waals surface area contributed by atoms with Crippen LogP contribution in [0.2, 0.25) is 0 Å². The van der Waals surface area contributed by atoms with Crippen molar-refractivity contribution in [2.75, 3.05) is 7.11 Å². The number of hydrogen-bond acceptors (Lipinski definition) is 4. The number of carbonyl (C=O) groups is 1. The van der Waals surface area contributed by atoms with Gasteiger partial charge in [0.25, 0.3) is 0 Å². The molecule has 0 unspecified atom stereocenters. The molecule has 0 fully saturated rings. The third-order valence-electron chi connectivity index (χ3n) is 2.58. The van der Waals surface area contributed by atoms with Gasteiger partial charge in [-0.1, -0.05) is 0 Å². The molecular formula is C13H15N5O2. The van der Waals surface area contributed by atoms with Gasteiger partial charge in [0, 0.05) is 18.0 Å². The number of urea groups is 1. The second-order valence-corrected chi connectivity index (χ2v) is 4.01. The molecule has 0 aliphatic rings. The van der Waals surface area contributed by atoms with Crippen molar-refractivity contribution < 1.29 is 9.53 Å². The van der Waals surface area contributed by atoms with Crippen LogP contribution in [-0.4, -0.2) is 29.1 Å². The number of carbonyl (C=O) groups excluding carboxylic acids is 1. The summed E-state index contributed by atoms with van der Waals surface area (Å²) < 4.78 is 7.11. The number of benzene rings is 1. The number of hydrogen-bond donors (Lipinski definition) is 2. The van der Waals surface area contributed by atoms with Gasteiger partial charge in [-0.05, 0) is 29.8 Å². The third-order valence-corrected chi connectivity index (χ3v) is 2.58. The second-order valence-electron chi connectivity index (χ2n) is 4.01. The van der Waals surface area contributed by atoms with E-state index >= 15 is 0 Å². The van der Waals surface area contributed by atoms with Crippen molar-refractivity contribution in [2.45, 2.75) is 6.54 Å². The summed E-state index contributed by atoms with van der Waals surface area (Å²) in [6.45, 7) is 0.584. The van der Waals surface area contributed by atoms with Crippen LogP contribution < -0.4 is 15.9 Å². The standard InChI is InChI=1S/C13H15N5O2/c1-20-12-4-3-10(8-15-17-13(14)19)7-11(12)9-18-6-2-5-16-18/h2-8H,9H2,1H3,(H3,14,17,19). The summed E-state index contributed by atoms with van der Waals surface area (Å²) in [4.78, 5) is 10.5. The van der Waals surface area contributed by atoms with Crippen molar-refractivity contribution >= 4 is 12.2 Å². The minimum atomic E-state index is -0.702. The lowest BCUT2D eigenvalue weighted by molar-refractivity contribution is 0.249. The van der Waals surface area contributed by atoms with Crippen molar-refractivity contribution in [1.29, 1.82) is 0 Å². The zero-order chi connectivity index (χ0) is 14.4. The van der Waals surface area contributed by atoms with Gasteiger partial charge in [-0.2, -0.15) is 10.2 Å². The Kier molecular flexibility index (Phi) is 4.33. The smallest absolute Gasteiger partial charge is 0.332 e. The number of nitrogens with two attached hydrogens (primary N) is 1. The molecule has 3 N–H and O–H groups in total. The van der Waals surface area contributed by atoms with Gasteiger partial charge >= 0.3 is 6.03 Å². The summed E-state index contributed by atoms with van der Waals surface area (Å²) in [5.74, 6) is 0.764. The van der Waals surface area contributed by atoms with Crippen LogP contribution in [0.3, 0.4) is 0 Å². The first-order valence-corrected chi connectivity index (χ1v) is 5.92. The van der Waals surface area contributed by atoms with E-state index in [1.54, 1.807) is 18.0 Å². The zero-order valence-electron chi connectivity index (χ0n) is 11.0. The fourth-order valence-electron chi connectivity index (χ4n) is 1.74. The van der Waals surface area contributed by atoms with Gasteiger partial charge in [0.15, 0.2) is 0 Å². The molecule has 0 saturated carbocycles. The zero-order valence-corrected chi connectivity index (χ0v) is 11.0. The van der Waals surface area contributed by atoms with E-state index in [-0.39, 0.29) is 0 Å². The Bertz CT molecular complexity index is 607. The molecular weight excluding hydrogens is 258 g/mol. The highest BCUT2D eigenvalue weighted by atomic mass is 16.5. The normalized spacial score (nSPS) is 10.7. The maximum Gasteiger partial charge on any atom is 0.332 e. The topological polar surface area (TPSA) is 94.5 Å². The van der Waals surface area contributed by atoms with E-state index in [9.17, 15) is 4.79 Å². The minimum Gasteiger partial charge on any atom is -0.496 e. The van der Waals surface area contributed by atoms with Gasteiger partial charge in [0.1, 0.15) is 5.75 Å². The molecule has 0 spiro atoms. The maximum atomic E-state index is 10.5. The summed E-state index contributed by atoms with van der Waals surface area (Å²) >= 11 is 0. The summed E-state index contributed by atoms with van der Waals surface area (Å²) in [6.07, 6.45) is 5.10. The molecule has 1 aromatic carbocycles. The van der Waals surface area contributed by atoms with E-state index < -0.39 is 6.03 Å². The molecule has 20 heavy (non-hydrogen) atoms. The number of hydrazone groups is 1. The van der Waals surface area contributed by atoms with Crippen molar-refractivity contribution in [3.05, 3.63) is 47.8 Å². The Morgan fingerprint density at radius 3 is 3.10 bits per heavy atom. The first-order chi connectivity index (χ1) is 9.69. The van der Waals surface area contributed by atoms with Crippen LogP contribution in [0.4, 0.5) is 4.79 Å². The molecule has 0 aliphatic carbocycles. The van der Waals surface area contributed by atoms with E-state index in [1.165, 1.54) is 6.21 Å². The van der Waals surface area contributed by atoms with E-state index in [4.69, 9.17) is 10.5 Å². The predicted octanol–water partition coefficient (Wildman–Crippen LogP) is 0.942. The summed E-state index contributed by atoms with van der Waals surface area (Å²) in [5, 5.41) is 7.88. The quantitative estimate of drug-likeness (QED) is 0.627. The maximum absolute atomic E-state index is 10.5. The first-order valence-electron chi connectivity index (χ1n) is 5.92. The average molecular weight is 273 g/mol. The van der Waals surface area contributed by atoms with Gasteiger partial charge in [-0.25, -0.2) is 10.2 Å². The minimum absolute atomic E-state index is 0.584. The molecule has 1 heterocycles. The van der Waals surface area contributed by atoms with Crippen molar-refractivity contribution in [3.8, 4) is 5.75 Å². The van der Waals surface area contributed by atoms with Gasteiger partial charge in [-0.3, -0.25) is 4.68 Å². The summed E-state index contributed by atoms with van der Waals surface area (Å²) in [6, 6.07) is 6.73. The lowest BCUT2D eigenvalue weighted by Crippen LogP contribution is -2.24. The molecule has 2 amide bonds. The lowest BCUT2D eigenvalue weighted by atomic mass is 10.1. The highest BCUT2D eigenvalue weighted by molar-refractivity contribution is 5.82. The number of nitrogens with one attached hydrogen (secondary N) is 1. The Morgan fingerprint density at radius 1 is 1.60 bits per heavy atom. The largest absolute Gasteiger partial charge is 0.496 e. The van der Waals surface area contributed by atoms with Gasteiger partial charge in [0.05, 0.1) is 19.9 Å². The Hall–Kier alpha value is -2.83. The van der Waals surface area contributed by atoms with Crippen LogP contribution in [0.15, 0.2) is 41.8 Å². The number of ether oxygens (including phenoxy) is 1. The van der Waals surface area contributed by atoms with Crippen molar-refractivity contribution in [2.24, 2.45) is 10.8 Å². The van der Waals surface area contributed by atoms with Crippen LogP contribution in [-0.2, 0) is 6.54 Å². The van der Waals surface area contributed by atoms with E-state index in [0.717, 1.165) is 16.9 Å². The molecule has 0 radical (unpaired) electrons. The van der Waals surface area contributed by atoms with Gasteiger partial charge in [0.2, 0.25) is 0 Å². The van der Waals surface area contributed by atoms with Gasteiger partial charge in [-0.15, -0.1) is 0 Å². The Balaban J connectivity index is 2.20. The average Bonchev–Trinajstić information content (AvgIpc) is 2.91. The number of rotatable bonds is 5. The van der Waals surface area contributed by atoms with E-state index in [2.05, 4.69) is 15.6 Å². The van der Waals surface area contributed by atoms with Crippen LogP contribution in [0.1, 0.15) is 11.1 Å². The number of amides is 2. The fourth-order valence-corrected chi connectivity index (χ4v) is 1.74. The molecule has 0 saturated heterocycles.